The van der Waals surface area contributed by atoms with Crippen molar-refractivity contribution in [2.45, 2.75) is 26.7 Å². The van der Waals surface area contributed by atoms with Crippen LogP contribution in [-0.2, 0) is 19.1 Å². The van der Waals surface area contributed by atoms with Crippen LogP contribution in [0.15, 0.2) is 30.3 Å². The first-order valence-corrected chi connectivity index (χ1v) is 11.9. The van der Waals surface area contributed by atoms with Crippen molar-refractivity contribution in [3.63, 3.8) is 0 Å². The quantitative estimate of drug-likeness (QED) is 0.486. The van der Waals surface area contributed by atoms with Crippen LogP contribution in [0.5, 0.6) is 0 Å². The number of aromatic nitrogens is 2. The van der Waals surface area contributed by atoms with E-state index < -0.39 is 5.97 Å². The van der Waals surface area contributed by atoms with E-state index in [2.05, 4.69) is 5.10 Å². The summed E-state index contributed by atoms with van der Waals surface area (Å²) >= 11 is 7.37. The summed E-state index contributed by atoms with van der Waals surface area (Å²) in [6.45, 7) is 4.54. The summed E-state index contributed by atoms with van der Waals surface area (Å²) in [5.41, 5.74) is 1.57. The highest BCUT2D eigenvalue weighted by atomic mass is 35.5. The fourth-order valence-corrected chi connectivity index (χ4v) is 5.11. The zero-order valence-electron chi connectivity index (χ0n) is 18.4. The molecule has 0 aliphatic carbocycles. The van der Waals surface area contributed by atoms with Gasteiger partial charge in [-0.2, -0.15) is 5.10 Å². The lowest BCUT2D eigenvalue weighted by Crippen LogP contribution is -2.42. The Labute approximate surface area is 200 Å². The van der Waals surface area contributed by atoms with E-state index >= 15 is 0 Å². The van der Waals surface area contributed by atoms with E-state index in [1.54, 1.807) is 34.7 Å². The van der Waals surface area contributed by atoms with Crippen molar-refractivity contribution in [1.82, 2.24) is 14.7 Å². The molecule has 174 valence electrons. The highest BCUT2D eigenvalue weighted by molar-refractivity contribution is 7.20. The molecule has 3 aromatic rings. The molecule has 1 aliphatic heterocycles. The number of esters is 2. The molecule has 0 bridgehead atoms. The molecule has 33 heavy (non-hydrogen) atoms. The Hall–Kier alpha value is -2.91. The normalized spacial score (nSPS) is 14.5. The van der Waals surface area contributed by atoms with E-state index in [9.17, 15) is 14.4 Å². The maximum absolute atomic E-state index is 12.6. The van der Waals surface area contributed by atoms with Crippen molar-refractivity contribution in [1.29, 1.82) is 0 Å². The summed E-state index contributed by atoms with van der Waals surface area (Å²) in [6, 6.07) is 9.05. The van der Waals surface area contributed by atoms with Gasteiger partial charge in [0.15, 0.2) is 6.61 Å². The number of halogens is 1. The van der Waals surface area contributed by atoms with Crippen LogP contribution in [0.3, 0.4) is 0 Å². The third kappa shape index (κ3) is 5.04. The fraction of sp³-hybridized carbons (Fsp3) is 0.391. The highest BCUT2D eigenvalue weighted by Gasteiger charge is 2.29. The number of carbonyl (C=O) groups is 3. The van der Waals surface area contributed by atoms with Gasteiger partial charge in [0.2, 0.25) is 0 Å². The molecular formula is C23H24ClN3O5S. The number of nitrogens with zero attached hydrogens (tertiary/aromatic N) is 3. The van der Waals surface area contributed by atoms with Gasteiger partial charge in [0.25, 0.3) is 5.91 Å². The standard InChI is InChI=1S/C23H24ClN3O5S/c1-3-31-22(29)15-7-9-26(10-8-15)20(28)13-32-23(30)19-12-18-14(2)25-27(21(18)33-19)17-6-4-5-16(24)11-17/h4-6,11-12,15H,3,7-10,13H2,1-2H3. The Morgan fingerprint density at radius 1 is 1.18 bits per heavy atom. The first kappa shape index (κ1) is 23.3. The monoisotopic (exact) mass is 489 g/mol. The third-order valence-electron chi connectivity index (χ3n) is 5.59. The molecule has 2 aromatic heterocycles. The molecule has 0 N–H and O–H groups in total. The van der Waals surface area contributed by atoms with Crippen LogP contribution in [0.2, 0.25) is 5.02 Å². The summed E-state index contributed by atoms with van der Waals surface area (Å²) in [5, 5.41) is 5.99. The Balaban J connectivity index is 1.38. The van der Waals surface area contributed by atoms with E-state index in [4.69, 9.17) is 21.1 Å². The van der Waals surface area contributed by atoms with Crippen LogP contribution in [0.4, 0.5) is 0 Å². The first-order chi connectivity index (χ1) is 15.9. The number of aryl methyl sites for hydroxylation is 1. The number of hydrogen-bond donors (Lipinski definition) is 0. The van der Waals surface area contributed by atoms with Gasteiger partial charge in [-0.3, -0.25) is 9.59 Å². The van der Waals surface area contributed by atoms with Crippen LogP contribution < -0.4 is 0 Å². The molecule has 1 amide bonds. The molecule has 4 rings (SSSR count). The lowest BCUT2D eigenvalue weighted by Gasteiger charge is -2.30. The van der Waals surface area contributed by atoms with E-state index in [-0.39, 0.29) is 24.4 Å². The molecule has 1 aromatic carbocycles. The number of ether oxygens (including phenoxy) is 2. The predicted molar refractivity (Wildman–Crippen MR) is 125 cm³/mol. The molecule has 1 aliphatic rings. The summed E-state index contributed by atoms with van der Waals surface area (Å²) in [7, 11) is 0. The SMILES string of the molecule is CCOC(=O)C1CCN(C(=O)COC(=O)c2cc3c(C)nn(-c4cccc(Cl)c4)c3s2)CC1. The Morgan fingerprint density at radius 2 is 1.94 bits per heavy atom. The number of benzene rings is 1. The molecule has 0 saturated carbocycles. The highest BCUT2D eigenvalue weighted by Crippen LogP contribution is 2.31. The summed E-state index contributed by atoms with van der Waals surface area (Å²) < 4.78 is 12.1. The number of likely N-dealkylation sites (tertiary alicyclic amines) is 1. The maximum Gasteiger partial charge on any atom is 0.348 e. The lowest BCUT2D eigenvalue weighted by atomic mass is 9.97. The lowest BCUT2D eigenvalue weighted by molar-refractivity contribution is -0.151. The van der Waals surface area contributed by atoms with Gasteiger partial charge in [0, 0.05) is 23.5 Å². The molecule has 0 radical (unpaired) electrons. The van der Waals surface area contributed by atoms with Gasteiger partial charge in [-0.1, -0.05) is 17.7 Å². The Morgan fingerprint density at radius 3 is 2.64 bits per heavy atom. The van der Waals surface area contributed by atoms with E-state index in [1.165, 1.54) is 11.3 Å². The van der Waals surface area contributed by atoms with Crippen molar-refractivity contribution < 1.29 is 23.9 Å². The third-order valence-corrected chi connectivity index (χ3v) is 6.92. The topological polar surface area (TPSA) is 90.7 Å². The molecule has 10 heteroatoms. The first-order valence-electron chi connectivity index (χ1n) is 10.7. The molecular weight excluding hydrogens is 466 g/mol. The van der Waals surface area contributed by atoms with Gasteiger partial charge in [0.1, 0.15) is 9.71 Å². The van der Waals surface area contributed by atoms with E-state index in [0.717, 1.165) is 21.6 Å². The van der Waals surface area contributed by atoms with E-state index in [1.807, 2.05) is 19.1 Å². The van der Waals surface area contributed by atoms with Gasteiger partial charge < -0.3 is 14.4 Å². The summed E-state index contributed by atoms with van der Waals surface area (Å²) in [5.74, 6) is -1.22. The number of carbonyl (C=O) groups excluding carboxylic acids is 3. The number of thiophene rings is 1. The minimum Gasteiger partial charge on any atom is -0.466 e. The molecule has 3 heterocycles. The largest absolute Gasteiger partial charge is 0.466 e. The van der Waals surface area contributed by atoms with Gasteiger partial charge in [-0.05, 0) is 51.0 Å². The number of rotatable bonds is 6. The van der Waals surface area contributed by atoms with Crippen molar-refractivity contribution in [2.24, 2.45) is 5.92 Å². The van der Waals surface area contributed by atoms with Crippen molar-refractivity contribution >= 4 is 51.0 Å². The minimum atomic E-state index is -0.553. The van der Waals surface area contributed by atoms with Crippen LogP contribution in [0.1, 0.15) is 35.1 Å². The second kappa shape index (κ2) is 9.93. The average molecular weight is 490 g/mol. The average Bonchev–Trinajstić information content (AvgIpc) is 3.38. The second-order valence-electron chi connectivity index (χ2n) is 7.79. The Kier molecular flexibility index (Phi) is 6.99. The smallest absolute Gasteiger partial charge is 0.348 e. The molecule has 0 spiro atoms. The zero-order chi connectivity index (χ0) is 23.5. The van der Waals surface area contributed by atoms with Crippen molar-refractivity contribution in [3.05, 3.63) is 45.9 Å². The molecule has 1 fully saturated rings. The predicted octanol–water partition coefficient (Wildman–Crippen LogP) is 4.01. The molecule has 1 saturated heterocycles. The summed E-state index contributed by atoms with van der Waals surface area (Å²) in [6.07, 6.45) is 1.10. The van der Waals surface area contributed by atoms with Crippen LogP contribution >= 0.6 is 22.9 Å². The maximum atomic E-state index is 12.6. The van der Waals surface area contributed by atoms with Gasteiger partial charge >= 0.3 is 11.9 Å². The van der Waals surface area contributed by atoms with Crippen molar-refractivity contribution in [2.75, 3.05) is 26.3 Å². The number of fused-ring (bicyclic) bond motifs is 1. The van der Waals surface area contributed by atoms with Gasteiger partial charge in [-0.25, -0.2) is 9.48 Å². The van der Waals surface area contributed by atoms with Crippen molar-refractivity contribution in [3.8, 4) is 5.69 Å². The summed E-state index contributed by atoms with van der Waals surface area (Å²) in [4.78, 5) is 39.8. The zero-order valence-corrected chi connectivity index (χ0v) is 19.9. The minimum absolute atomic E-state index is 0.183. The molecule has 0 unspecified atom stereocenters. The van der Waals surface area contributed by atoms with Crippen LogP contribution in [0.25, 0.3) is 15.9 Å². The number of hydrogen-bond acceptors (Lipinski definition) is 7. The second-order valence-corrected chi connectivity index (χ2v) is 9.26. The number of piperidine rings is 1. The van der Waals surface area contributed by atoms with Gasteiger partial charge in [-0.15, -0.1) is 11.3 Å². The molecule has 0 atom stereocenters. The van der Waals surface area contributed by atoms with Gasteiger partial charge in [0.05, 0.1) is 23.9 Å². The Bertz CT molecular complexity index is 1200. The molecule has 8 nitrogen and oxygen atoms in total. The van der Waals surface area contributed by atoms with Crippen LogP contribution in [0, 0.1) is 12.8 Å². The number of amides is 1. The van der Waals surface area contributed by atoms with Crippen LogP contribution in [-0.4, -0.2) is 58.8 Å². The fourth-order valence-electron chi connectivity index (χ4n) is 3.85. The van der Waals surface area contributed by atoms with E-state index in [0.29, 0.717) is 42.4 Å².